The molecule has 3 N–H and O–H groups in total. The molecule has 2 atom stereocenters. The molecule has 0 saturated heterocycles. The van der Waals surface area contributed by atoms with Gasteiger partial charge in [0.15, 0.2) is 0 Å². The van der Waals surface area contributed by atoms with Crippen molar-refractivity contribution in [3.05, 3.63) is 0 Å². The van der Waals surface area contributed by atoms with Crippen molar-refractivity contribution in [3.63, 3.8) is 0 Å². The number of hydrogen-bond donors (Lipinski definition) is 3. The van der Waals surface area contributed by atoms with Gasteiger partial charge in [-0.25, -0.2) is 19.2 Å². The Bertz CT molecular complexity index is 807. The van der Waals surface area contributed by atoms with E-state index >= 15 is 0 Å². The Morgan fingerprint density at radius 2 is 1.32 bits per heavy atom. The molecule has 3 amide bonds. The van der Waals surface area contributed by atoms with E-state index in [0.717, 1.165) is 0 Å². The second-order valence-corrected chi connectivity index (χ2v) is 11.5. The zero-order valence-electron chi connectivity index (χ0n) is 24.2. The molecule has 0 saturated carbocycles. The molecule has 12 heteroatoms. The summed E-state index contributed by atoms with van der Waals surface area (Å²) >= 11 is 0. The monoisotopic (exact) mass is 530 g/mol. The second kappa shape index (κ2) is 14.6. The van der Waals surface area contributed by atoms with Gasteiger partial charge in [0, 0.05) is 6.54 Å². The number of carbonyl (C=O) groups excluding carboxylic acids is 4. The first-order valence-electron chi connectivity index (χ1n) is 12.5. The molecule has 0 rings (SSSR count). The lowest BCUT2D eigenvalue weighted by Gasteiger charge is -2.24. The van der Waals surface area contributed by atoms with Gasteiger partial charge in [-0.3, -0.25) is 5.32 Å². The van der Waals surface area contributed by atoms with Crippen molar-refractivity contribution in [2.75, 3.05) is 6.54 Å². The van der Waals surface area contributed by atoms with Gasteiger partial charge in [0.1, 0.15) is 22.8 Å². The number of nitrogens with one attached hydrogen (secondary N) is 3. The molecule has 0 aliphatic carbocycles. The van der Waals surface area contributed by atoms with E-state index in [2.05, 4.69) is 20.9 Å². The lowest BCUT2D eigenvalue weighted by molar-refractivity contribution is -0.151. The molecule has 0 aliphatic heterocycles. The molecule has 0 aromatic carbocycles. The van der Waals surface area contributed by atoms with E-state index in [1.807, 2.05) is 6.92 Å². The lowest BCUT2D eigenvalue weighted by Crippen LogP contribution is -2.46. The third-order valence-corrected chi connectivity index (χ3v) is 4.05. The Morgan fingerprint density at radius 3 is 1.81 bits per heavy atom. The summed E-state index contributed by atoms with van der Waals surface area (Å²) in [5.41, 5.74) is -2.29. The van der Waals surface area contributed by atoms with Crippen LogP contribution in [0.3, 0.4) is 0 Å². The molecule has 0 aromatic heterocycles. The molecule has 0 aliphatic rings. The second-order valence-electron chi connectivity index (χ2n) is 11.5. The van der Waals surface area contributed by atoms with Crippen LogP contribution in [0.4, 0.5) is 14.4 Å². The fourth-order valence-corrected chi connectivity index (χ4v) is 2.46. The minimum absolute atomic E-state index is 0.178. The van der Waals surface area contributed by atoms with Crippen molar-refractivity contribution < 1.29 is 38.1 Å². The maximum absolute atomic E-state index is 12.6. The molecule has 0 aromatic rings. The normalized spacial score (nSPS) is 14.1. The number of rotatable bonds is 8. The standard InChI is InChI=1S/C25H46N4O8/c1-12-16(2)34-18(30)17(27-20(31)35-23(3,4)5)14-13-15-26-19(28-21(32)36-24(6,7)8)29-22(33)37-25(9,10)11/h16-17H,12-15H2,1-11H3,(H,27,31)(H2,26,28,29,32,33). The summed E-state index contributed by atoms with van der Waals surface area (Å²) in [4.78, 5) is 53.0. The van der Waals surface area contributed by atoms with Crippen molar-refractivity contribution in [1.29, 1.82) is 0 Å². The number of alkyl carbamates (subject to hydrolysis) is 2. The summed E-state index contributed by atoms with van der Waals surface area (Å²) in [6.45, 7) is 19.1. The third kappa shape index (κ3) is 18.8. The topological polar surface area (TPSA) is 154 Å². The van der Waals surface area contributed by atoms with Gasteiger partial charge in [0.2, 0.25) is 5.96 Å². The van der Waals surface area contributed by atoms with E-state index < -0.39 is 47.1 Å². The molecule has 37 heavy (non-hydrogen) atoms. The predicted octanol–water partition coefficient (Wildman–Crippen LogP) is 4.41. The third-order valence-electron chi connectivity index (χ3n) is 4.05. The highest BCUT2D eigenvalue weighted by molar-refractivity contribution is 5.98. The van der Waals surface area contributed by atoms with E-state index in [-0.39, 0.29) is 25.0 Å². The van der Waals surface area contributed by atoms with Crippen molar-refractivity contribution in [2.24, 2.45) is 4.99 Å². The number of guanidine groups is 1. The van der Waals surface area contributed by atoms with Crippen LogP contribution in [-0.2, 0) is 23.7 Å². The highest BCUT2D eigenvalue weighted by Gasteiger charge is 2.26. The van der Waals surface area contributed by atoms with Gasteiger partial charge in [0.25, 0.3) is 0 Å². The van der Waals surface area contributed by atoms with Crippen molar-refractivity contribution >= 4 is 30.2 Å². The molecule has 214 valence electrons. The van der Waals surface area contributed by atoms with Crippen molar-refractivity contribution in [1.82, 2.24) is 16.0 Å². The van der Waals surface area contributed by atoms with E-state index in [1.165, 1.54) is 0 Å². The van der Waals surface area contributed by atoms with Crippen LogP contribution in [0.5, 0.6) is 0 Å². The molecule has 12 nitrogen and oxygen atoms in total. The van der Waals surface area contributed by atoms with E-state index in [4.69, 9.17) is 18.9 Å². The molecule has 0 radical (unpaired) electrons. The van der Waals surface area contributed by atoms with Crippen LogP contribution < -0.4 is 16.0 Å². The summed E-state index contributed by atoms with van der Waals surface area (Å²) in [5, 5.41) is 7.77. The van der Waals surface area contributed by atoms with Gasteiger partial charge < -0.3 is 29.6 Å². The van der Waals surface area contributed by atoms with Crippen LogP contribution in [-0.4, -0.2) is 65.7 Å². The average Bonchev–Trinajstić information content (AvgIpc) is 2.65. The zero-order valence-corrected chi connectivity index (χ0v) is 24.2. The van der Waals surface area contributed by atoms with Gasteiger partial charge >= 0.3 is 24.2 Å². The number of carbonyl (C=O) groups is 4. The Kier molecular flexibility index (Phi) is 13.4. The number of aliphatic imine (C=N–C) groups is 1. The van der Waals surface area contributed by atoms with Crippen molar-refractivity contribution in [2.45, 2.75) is 124 Å². The summed E-state index contributed by atoms with van der Waals surface area (Å²) in [7, 11) is 0. The van der Waals surface area contributed by atoms with Crippen molar-refractivity contribution in [3.8, 4) is 0 Å². The molecular weight excluding hydrogens is 484 g/mol. The number of amides is 3. The van der Waals surface area contributed by atoms with Crippen LogP contribution in [0.1, 0.15) is 95.4 Å². The molecular formula is C25H46N4O8. The first-order chi connectivity index (χ1) is 16.7. The number of ether oxygens (including phenoxy) is 4. The Labute approximate surface area is 220 Å². The highest BCUT2D eigenvalue weighted by Crippen LogP contribution is 2.11. The summed E-state index contributed by atoms with van der Waals surface area (Å²) in [5.74, 6) is -0.767. The first-order valence-corrected chi connectivity index (χ1v) is 12.5. The largest absolute Gasteiger partial charge is 0.461 e. The molecule has 0 heterocycles. The van der Waals surface area contributed by atoms with Gasteiger partial charge in [-0.2, -0.15) is 0 Å². The van der Waals surface area contributed by atoms with Crippen LogP contribution in [0.2, 0.25) is 0 Å². The summed E-state index contributed by atoms with van der Waals surface area (Å²) < 4.78 is 21.0. The van der Waals surface area contributed by atoms with Gasteiger partial charge in [-0.1, -0.05) is 6.92 Å². The minimum Gasteiger partial charge on any atom is -0.461 e. The minimum atomic E-state index is -0.962. The smallest absolute Gasteiger partial charge is 0.437 e. The quantitative estimate of drug-likeness (QED) is 0.136. The van der Waals surface area contributed by atoms with Crippen LogP contribution >= 0.6 is 0 Å². The van der Waals surface area contributed by atoms with Gasteiger partial charge in [-0.15, -0.1) is 4.99 Å². The molecule has 0 spiro atoms. The van der Waals surface area contributed by atoms with Crippen LogP contribution in [0, 0.1) is 0 Å². The van der Waals surface area contributed by atoms with Crippen LogP contribution in [0.15, 0.2) is 4.99 Å². The molecule has 2 unspecified atom stereocenters. The Hall–Kier alpha value is -3.05. The molecule has 0 bridgehead atoms. The summed E-state index contributed by atoms with van der Waals surface area (Å²) in [6, 6.07) is -0.962. The number of esters is 1. The maximum atomic E-state index is 12.6. The van der Waals surface area contributed by atoms with E-state index in [9.17, 15) is 19.2 Å². The Balaban J connectivity index is 5.34. The van der Waals surface area contributed by atoms with E-state index in [0.29, 0.717) is 12.8 Å². The van der Waals surface area contributed by atoms with Crippen LogP contribution in [0.25, 0.3) is 0 Å². The SMILES string of the molecule is CCC(C)OC(=O)C(CCCN/C(=N\C(=O)OC(C)(C)C)NC(=O)OC(C)(C)C)NC(=O)OC(C)(C)C. The lowest BCUT2D eigenvalue weighted by atomic mass is 10.1. The first kappa shape index (κ1) is 34.0. The van der Waals surface area contributed by atoms with Gasteiger partial charge in [-0.05, 0) is 88.5 Å². The summed E-state index contributed by atoms with van der Waals surface area (Å²) in [6.07, 6.45) is -1.65. The number of hydrogen-bond acceptors (Lipinski definition) is 8. The maximum Gasteiger partial charge on any atom is 0.437 e. The Morgan fingerprint density at radius 1 is 0.811 bits per heavy atom. The average molecular weight is 531 g/mol. The number of nitrogens with zero attached hydrogens (tertiary/aromatic N) is 1. The fourth-order valence-electron chi connectivity index (χ4n) is 2.46. The predicted molar refractivity (Wildman–Crippen MR) is 139 cm³/mol. The van der Waals surface area contributed by atoms with E-state index in [1.54, 1.807) is 69.2 Å². The zero-order chi connectivity index (χ0) is 29.0. The fraction of sp³-hybridized carbons (Fsp3) is 0.800. The molecule has 0 fully saturated rings. The highest BCUT2D eigenvalue weighted by atomic mass is 16.6. The van der Waals surface area contributed by atoms with Gasteiger partial charge in [0.05, 0.1) is 6.10 Å².